The summed E-state index contributed by atoms with van der Waals surface area (Å²) < 4.78 is 5.03. The Morgan fingerprint density at radius 3 is 2.62 bits per heavy atom. The van der Waals surface area contributed by atoms with Crippen molar-refractivity contribution in [3.05, 3.63) is 23.2 Å². The van der Waals surface area contributed by atoms with E-state index < -0.39 is 0 Å². The van der Waals surface area contributed by atoms with Crippen LogP contribution in [0.5, 0.6) is 5.75 Å². The van der Waals surface area contributed by atoms with Crippen molar-refractivity contribution < 1.29 is 4.74 Å². The van der Waals surface area contributed by atoms with E-state index in [9.17, 15) is 0 Å². The summed E-state index contributed by atoms with van der Waals surface area (Å²) in [6.45, 7) is 0. The maximum absolute atomic E-state index is 6.00. The Hall–Kier alpha value is -0.600. The molecule has 0 atom stereocenters. The normalized spacial score (nSPS) is 9.85. The highest BCUT2D eigenvalue weighted by Gasteiger charge is 2.05. The van der Waals surface area contributed by atoms with E-state index in [2.05, 4.69) is 0 Å². The summed E-state index contributed by atoms with van der Waals surface area (Å²) in [6.07, 6.45) is 0. The minimum Gasteiger partial charge on any atom is -0.497 e. The van der Waals surface area contributed by atoms with Gasteiger partial charge in [-0.15, -0.1) is 11.6 Å². The van der Waals surface area contributed by atoms with Gasteiger partial charge in [0, 0.05) is 13.1 Å². The largest absolute Gasteiger partial charge is 0.497 e. The quantitative estimate of drug-likeness (QED) is 0.573. The molecule has 0 amide bonds. The van der Waals surface area contributed by atoms with E-state index in [1.807, 2.05) is 24.1 Å². The molecule has 0 unspecified atom stereocenters. The zero-order chi connectivity index (χ0) is 9.84. The lowest BCUT2D eigenvalue weighted by molar-refractivity contribution is 0.415. The third-order valence-electron chi connectivity index (χ3n) is 1.75. The summed E-state index contributed by atoms with van der Waals surface area (Å²) in [5.74, 6) is 0.747. The molecule has 0 N–H and O–H groups in total. The second-order valence-corrected chi connectivity index (χ2v) is 3.28. The van der Waals surface area contributed by atoms with Gasteiger partial charge in [0.2, 0.25) is 0 Å². The highest BCUT2D eigenvalue weighted by molar-refractivity contribution is 6.33. The van der Waals surface area contributed by atoms with E-state index >= 15 is 0 Å². The molecule has 0 fully saturated rings. The predicted molar refractivity (Wildman–Crippen MR) is 57.1 cm³/mol. The van der Waals surface area contributed by atoms with Crippen LogP contribution >= 0.6 is 23.2 Å². The lowest BCUT2D eigenvalue weighted by Crippen LogP contribution is -2.14. The number of halogens is 2. The van der Waals surface area contributed by atoms with Crippen LogP contribution in [0.3, 0.4) is 0 Å². The zero-order valence-electron chi connectivity index (χ0n) is 7.55. The molecule has 1 rings (SSSR count). The summed E-state index contributed by atoms with van der Waals surface area (Å²) in [5, 5.41) is 0.641. The molecule has 0 spiro atoms. The van der Waals surface area contributed by atoms with Gasteiger partial charge >= 0.3 is 0 Å². The van der Waals surface area contributed by atoms with E-state index in [4.69, 9.17) is 27.9 Å². The number of nitrogens with zero attached hydrogens (tertiary/aromatic N) is 1. The maximum atomic E-state index is 6.00. The van der Waals surface area contributed by atoms with Crippen LogP contribution in [-0.4, -0.2) is 20.2 Å². The van der Waals surface area contributed by atoms with Crippen LogP contribution in [0.4, 0.5) is 5.69 Å². The number of ether oxygens (including phenoxy) is 1. The second-order valence-electron chi connectivity index (χ2n) is 2.63. The molecule has 0 radical (unpaired) electrons. The van der Waals surface area contributed by atoms with Gasteiger partial charge in [0.05, 0.1) is 23.8 Å². The lowest BCUT2D eigenvalue weighted by atomic mass is 10.3. The van der Waals surface area contributed by atoms with Crippen LogP contribution in [0.25, 0.3) is 0 Å². The number of anilines is 1. The van der Waals surface area contributed by atoms with E-state index in [0.29, 0.717) is 11.0 Å². The number of alkyl halides is 1. The molecule has 0 saturated heterocycles. The standard InChI is InChI=1S/C9H11Cl2NO/c1-12(6-10)9-4-3-7(13-2)5-8(9)11/h3-5H,6H2,1-2H3. The molecule has 0 aromatic heterocycles. The van der Waals surface area contributed by atoms with E-state index in [0.717, 1.165) is 11.4 Å². The highest BCUT2D eigenvalue weighted by atomic mass is 35.5. The van der Waals surface area contributed by atoms with Crippen LogP contribution in [0.15, 0.2) is 18.2 Å². The molecule has 1 aromatic rings. The zero-order valence-corrected chi connectivity index (χ0v) is 9.06. The Balaban J connectivity index is 2.98. The third kappa shape index (κ3) is 2.42. The van der Waals surface area contributed by atoms with Gasteiger partial charge in [-0.1, -0.05) is 11.6 Å². The van der Waals surface area contributed by atoms with Gasteiger partial charge in [-0.05, 0) is 12.1 Å². The average Bonchev–Trinajstić information content (AvgIpc) is 2.16. The van der Waals surface area contributed by atoms with Crippen molar-refractivity contribution in [3.63, 3.8) is 0 Å². The van der Waals surface area contributed by atoms with Crippen LogP contribution in [-0.2, 0) is 0 Å². The van der Waals surface area contributed by atoms with Gasteiger partial charge in [-0.25, -0.2) is 0 Å². The number of methoxy groups -OCH3 is 1. The molecular weight excluding hydrogens is 209 g/mol. The van der Waals surface area contributed by atoms with Crippen molar-refractivity contribution in [2.24, 2.45) is 0 Å². The van der Waals surface area contributed by atoms with Crippen molar-refractivity contribution in [3.8, 4) is 5.75 Å². The molecule has 72 valence electrons. The molecule has 0 aliphatic heterocycles. The van der Waals surface area contributed by atoms with Crippen LogP contribution in [0, 0.1) is 0 Å². The minimum absolute atomic E-state index is 0.409. The molecule has 13 heavy (non-hydrogen) atoms. The average molecular weight is 220 g/mol. The van der Waals surface area contributed by atoms with Crippen molar-refractivity contribution in [1.29, 1.82) is 0 Å². The lowest BCUT2D eigenvalue weighted by Gasteiger charge is -2.17. The SMILES string of the molecule is COc1ccc(N(C)CCl)c(Cl)c1. The van der Waals surface area contributed by atoms with E-state index in [-0.39, 0.29) is 0 Å². The molecule has 2 nitrogen and oxygen atoms in total. The molecule has 0 heterocycles. The van der Waals surface area contributed by atoms with Gasteiger partial charge < -0.3 is 9.64 Å². The number of benzene rings is 1. The van der Waals surface area contributed by atoms with Gasteiger partial charge in [0.15, 0.2) is 0 Å². The number of rotatable bonds is 3. The number of hydrogen-bond donors (Lipinski definition) is 0. The Bertz CT molecular complexity index is 291. The number of hydrogen-bond acceptors (Lipinski definition) is 2. The molecule has 0 aliphatic rings. The first kappa shape index (κ1) is 10.5. The van der Waals surface area contributed by atoms with E-state index in [1.165, 1.54) is 0 Å². The Labute approximate surface area is 88.0 Å². The molecule has 0 aliphatic carbocycles. The molecule has 4 heteroatoms. The fourth-order valence-electron chi connectivity index (χ4n) is 0.989. The molecular formula is C9H11Cl2NO. The topological polar surface area (TPSA) is 12.5 Å². The summed E-state index contributed by atoms with van der Waals surface area (Å²) >= 11 is 11.7. The first-order chi connectivity index (χ1) is 6.19. The summed E-state index contributed by atoms with van der Waals surface area (Å²) in [4.78, 5) is 1.85. The maximum Gasteiger partial charge on any atom is 0.120 e. The molecule has 0 saturated carbocycles. The third-order valence-corrected chi connectivity index (χ3v) is 2.41. The van der Waals surface area contributed by atoms with Gasteiger partial charge in [0.1, 0.15) is 5.75 Å². The monoisotopic (exact) mass is 219 g/mol. The smallest absolute Gasteiger partial charge is 0.120 e. The van der Waals surface area contributed by atoms with Crippen molar-refractivity contribution >= 4 is 28.9 Å². The summed E-state index contributed by atoms with van der Waals surface area (Å²) in [7, 11) is 3.48. The van der Waals surface area contributed by atoms with Crippen molar-refractivity contribution in [2.75, 3.05) is 25.1 Å². The Morgan fingerprint density at radius 1 is 1.46 bits per heavy atom. The molecule has 1 aromatic carbocycles. The summed E-state index contributed by atoms with van der Waals surface area (Å²) in [6, 6.07) is 5.90. The van der Waals surface area contributed by atoms with Crippen molar-refractivity contribution in [1.82, 2.24) is 0 Å². The fourth-order valence-corrected chi connectivity index (χ4v) is 1.43. The highest BCUT2D eigenvalue weighted by Crippen LogP contribution is 2.28. The van der Waals surface area contributed by atoms with Gasteiger partial charge in [-0.3, -0.25) is 0 Å². The van der Waals surface area contributed by atoms with Crippen molar-refractivity contribution in [2.45, 2.75) is 0 Å². The Kier molecular flexibility index (Phi) is 3.70. The summed E-state index contributed by atoms with van der Waals surface area (Å²) in [5.41, 5.74) is 0.900. The van der Waals surface area contributed by atoms with Gasteiger partial charge in [-0.2, -0.15) is 0 Å². The predicted octanol–water partition coefficient (Wildman–Crippen LogP) is 2.98. The van der Waals surface area contributed by atoms with E-state index in [1.54, 1.807) is 13.2 Å². The Morgan fingerprint density at radius 2 is 2.15 bits per heavy atom. The fraction of sp³-hybridized carbons (Fsp3) is 0.333. The first-order valence-corrected chi connectivity index (χ1v) is 4.71. The minimum atomic E-state index is 0.409. The van der Waals surface area contributed by atoms with Gasteiger partial charge in [0.25, 0.3) is 0 Å². The second kappa shape index (κ2) is 4.58. The van der Waals surface area contributed by atoms with Crippen LogP contribution < -0.4 is 9.64 Å². The first-order valence-electron chi connectivity index (χ1n) is 3.79. The van der Waals surface area contributed by atoms with Crippen LogP contribution in [0.1, 0.15) is 0 Å². The van der Waals surface area contributed by atoms with Crippen LogP contribution in [0.2, 0.25) is 5.02 Å². The molecule has 0 bridgehead atoms.